The van der Waals surface area contributed by atoms with E-state index in [9.17, 15) is 0 Å². The second-order valence-corrected chi connectivity index (χ2v) is 5.93. The molecule has 0 unspecified atom stereocenters. The standard InChI is InChI=1S/C17H34N6O2/c1-4-6-23(7-5-2)16(18)14-17(21-19)20-15(3)25-13-10-22-8-11-24-12-9-22/h14,18,20-21H,3-13,19H2,1-2H3. The molecule has 1 saturated heterocycles. The summed E-state index contributed by atoms with van der Waals surface area (Å²) in [5, 5.41) is 11.2. The Morgan fingerprint density at radius 3 is 2.52 bits per heavy atom. The first-order valence-electron chi connectivity index (χ1n) is 9.01. The zero-order valence-corrected chi connectivity index (χ0v) is 15.6. The van der Waals surface area contributed by atoms with Crippen molar-refractivity contribution < 1.29 is 9.47 Å². The summed E-state index contributed by atoms with van der Waals surface area (Å²) in [4.78, 5) is 4.30. The second-order valence-electron chi connectivity index (χ2n) is 5.93. The van der Waals surface area contributed by atoms with Gasteiger partial charge in [0, 0.05) is 38.8 Å². The first-order chi connectivity index (χ1) is 12.1. The first kappa shape index (κ1) is 21.3. The second kappa shape index (κ2) is 12.6. The molecular weight excluding hydrogens is 320 g/mol. The number of ether oxygens (including phenoxy) is 2. The third-order valence-electron chi connectivity index (χ3n) is 3.83. The number of hydrazine groups is 1. The highest BCUT2D eigenvalue weighted by atomic mass is 16.5. The maximum atomic E-state index is 8.23. The molecule has 1 aliphatic heterocycles. The molecule has 0 radical (unpaired) electrons. The summed E-state index contributed by atoms with van der Waals surface area (Å²) in [5.41, 5.74) is 2.56. The van der Waals surface area contributed by atoms with E-state index in [0.717, 1.165) is 58.8 Å². The van der Waals surface area contributed by atoms with Crippen LogP contribution in [0.3, 0.4) is 0 Å². The van der Waals surface area contributed by atoms with E-state index in [2.05, 4.69) is 36.1 Å². The smallest absolute Gasteiger partial charge is 0.184 e. The van der Waals surface area contributed by atoms with Crippen LogP contribution >= 0.6 is 0 Å². The number of hydrogen-bond donors (Lipinski definition) is 4. The zero-order valence-electron chi connectivity index (χ0n) is 15.6. The molecule has 8 nitrogen and oxygen atoms in total. The average Bonchev–Trinajstić information content (AvgIpc) is 2.61. The number of nitrogens with one attached hydrogen (secondary N) is 3. The summed E-state index contributed by atoms with van der Waals surface area (Å²) in [6, 6.07) is 0. The lowest BCUT2D eigenvalue weighted by atomic mass is 10.3. The van der Waals surface area contributed by atoms with Crippen LogP contribution in [0.1, 0.15) is 26.7 Å². The van der Waals surface area contributed by atoms with Crippen molar-refractivity contribution in [2.45, 2.75) is 26.7 Å². The molecule has 0 aromatic heterocycles. The lowest BCUT2D eigenvalue weighted by Gasteiger charge is -2.26. The van der Waals surface area contributed by atoms with Gasteiger partial charge < -0.3 is 25.1 Å². The van der Waals surface area contributed by atoms with Crippen LogP contribution in [-0.2, 0) is 9.47 Å². The minimum Gasteiger partial charge on any atom is -0.478 e. The van der Waals surface area contributed by atoms with Crippen LogP contribution in [0.25, 0.3) is 0 Å². The molecular formula is C17H34N6O2. The van der Waals surface area contributed by atoms with E-state index in [0.29, 0.717) is 24.1 Å². The van der Waals surface area contributed by atoms with Crippen LogP contribution in [0.4, 0.5) is 0 Å². The van der Waals surface area contributed by atoms with Crippen LogP contribution in [0, 0.1) is 5.41 Å². The van der Waals surface area contributed by atoms with Crippen molar-refractivity contribution in [2.75, 3.05) is 52.5 Å². The molecule has 1 heterocycles. The number of nitrogens with two attached hydrogens (primary N) is 1. The van der Waals surface area contributed by atoms with Gasteiger partial charge in [-0.25, -0.2) is 5.84 Å². The van der Waals surface area contributed by atoms with Crippen molar-refractivity contribution in [1.82, 2.24) is 20.5 Å². The van der Waals surface area contributed by atoms with Gasteiger partial charge in [-0.3, -0.25) is 10.3 Å². The molecule has 0 amide bonds. The Labute approximate surface area is 151 Å². The van der Waals surface area contributed by atoms with Crippen molar-refractivity contribution in [3.05, 3.63) is 24.4 Å². The fourth-order valence-corrected chi connectivity index (χ4v) is 2.54. The molecule has 5 N–H and O–H groups in total. The Morgan fingerprint density at radius 1 is 1.32 bits per heavy atom. The van der Waals surface area contributed by atoms with Crippen LogP contribution in [-0.4, -0.2) is 68.2 Å². The molecule has 0 aromatic rings. The molecule has 0 bridgehead atoms. The third kappa shape index (κ3) is 8.76. The molecule has 8 heteroatoms. The Balaban J connectivity index is 2.41. The van der Waals surface area contributed by atoms with Crippen molar-refractivity contribution >= 4 is 5.84 Å². The normalized spacial score (nSPS) is 15.6. The zero-order chi connectivity index (χ0) is 18.5. The van der Waals surface area contributed by atoms with Gasteiger partial charge in [0.25, 0.3) is 0 Å². The quantitative estimate of drug-likeness (QED) is 0.135. The highest BCUT2D eigenvalue weighted by molar-refractivity contribution is 5.90. The van der Waals surface area contributed by atoms with Gasteiger partial charge in [-0.2, -0.15) is 0 Å². The van der Waals surface area contributed by atoms with E-state index < -0.39 is 0 Å². The van der Waals surface area contributed by atoms with Gasteiger partial charge in [-0.1, -0.05) is 13.8 Å². The van der Waals surface area contributed by atoms with Gasteiger partial charge >= 0.3 is 0 Å². The Bertz CT molecular complexity index is 429. The van der Waals surface area contributed by atoms with E-state index in [1.54, 1.807) is 6.08 Å². The fourth-order valence-electron chi connectivity index (χ4n) is 2.54. The van der Waals surface area contributed by atoms with Crippen molar-refractivity contribution in [2.24, 2.45) is 5.84 Å². The highest BCUT2D eigenvalue weighted by Gasteiger charge is 2.11. The number of hydrogen-bond acceptors (Lipinski definition) is 7. The Hall–Kier alpha value is -1.77. The molecule has 1 fully saturated rings. The summed E-state index contributed by atoms with van der Waals surface area (Å²) in [5.74, 6) is 6.85. The van der Waals surface area contributed by atoms with Crippen LogP contribution < -0.4 is 16.6 Å². The summed E-state index contributed by atoms with van der Waals surface area (Å²) in [7, 11) is 0. The number of rotatable bonds is 12. The van der Waals surface area contributed by atoms with Crippen LogP contribution in [0.2, 0.25) is 0 Å². The molecule has 1 rings (SSSR count). The minimum absolute atomic E-state index is 0.405. The third-order valence-corrected chi connectivity index (χ3v) is 3.83. The topological polar surface area (TPSA) is 98.9 Å². The SMILES string of the molecule is C=C(NC(=CC(=N)N(CCC)CCC)NN)OCCN1CCOCC1. The molecule has 0 saturated carbocycles. The van der Waals surface area contributed by atoms with E-state index in [-0.39, 0.29) is 0 Å². The number of amidine groups is 1. The molecule has 0 aromatic carbocycles. The Kier molecular flexibility index (Phi) is 10.7. The van der Waals surface area contributed by atoms with E-state index in [4.69, 9.17) is 20.7 Å². The van der Waals surface area contributed by atoms with Gasteiger partial charge in [-0.15, -0.1) is 0 Å². The van der Waals surface area contributed by atoms with Crippen molar-refractivity contribution in [3.8, 4) is 0 Å². The fraction of sp³-hybridized carbons (Fsp3) is 0.706. The van der Waals surface area contributed by atoms with Crippen molar-refractivity contribution in [1.29, 1.82) is 5.41 Å². The Morgan fingerprint density at radius 2 is 1.96 bits per heavy atom. The highest BCUT2D eigenvalue weighted by Crippen LogP contribution is 2.01. The minimum atomic E-state index is 0.405. The lowest BCUT2D eigenvalue weighted by Crippen LogP contribution is -2.39. The average molecular weight is 354 g/mol. The first-order valence-corrected chi connectivity index (χ1v) is 9.01. The van der Waals surface area contributed by atoms with E-state index >= 15 is 0 Å². The van der Waals surface area contributed by atoms with Gasteiger partial charge in [0.2, 0.25) is 0 Å². The summed E-state index contributed by atoms with van der Waals surface area (Å²) in [6.07, 6.45) is 3.64. The van der Waals surface area contributed by atoms with Gasteiger partial charge in [0.1, 0.15) is 18.3 Å². The van der Waals surface area contributed by atoms with Crippen LogP contribution in [0.15, 0.2) is 24.4 Å². The van der Waals surface area contributed by atoms with E-state index in [1.165, 1.54) is 0 Å². The van der Waals surface area contributed by atoms with Gasteiger partial charge in [-0.05, 0) is 19.4 Å². The summed E-state index contributed by atoms with van der Waals surface area (Å²) in [6.45, 7) is 14.5. The van der Waals surface area contributed by atoms with Gasteiger partial charge in [0.15, 0.2) is 5.88 Å². The maximum absolute atomic E-state index is 8.23. The monoisotopic (exact) mass is 354 g/mol. The van der Waals surface area contributed by atoms with E-state index in [1.807, 2.05) is 4.90 Å². The molecule has 0 spiro atoms. The molecule has 0 aliphatic carbocycles. The van der Waals surface area contributed by atoms with Gasteiger partial charge in [0.05, 0.1) is 13.2 Å². The lowest BCUT2D eigenvalue weighted by molar-refractivity contribution is 0.0267. The van der Waals surface area contributed by atoms with Crippen molar-refractivity contribution in [3.63, 3.8) is 0 Å². The predicted octanol–water partition coefficient (Wildman–Crippen LogP) is 0.800. The summed E-state index contributed by atoms with van der Waals surface area (Å²) >= 11 is 0. The largest absolute Gasteiger partial charge is 0.478 e. The van der Waals surface area contributed by atoms with Crippen LogP contribution in [0.5, 0.6) is 0 Å². The summed E-state index contributed by atoms with van der Waals surface area (Å²) < 4.78 is 10.9. The maximum Gasteiger partial charge on any atom is 0.184 e. The molecule has 25 heavy (non-hydrogen) atoms. The number of morpholine rings is 1. The molecule has 144 valence electrons. The molecule has 0 atom stereocenters. The number of nitrogens with zero attached hydrogens (tertiary/aromatic N) is 2. The predicted molar refractivity (Wildman–Crippen MR) is 101 cm³/mol. The molecule has 1 aliphatic rings.